The third kappa shape index (κ3) is 4.50. The molecule has 0 aromatic rings. The van der Waals surface area contributed by atoms with Gasteiger partial charge in [-0.2, -0.15) is 0 Å². The molecule has 0 amide bonds. The average molecular weight is 184 g/mol. The number of hydrogen-bond donors (Lipinski definition) is 1. The number of aliphatic hydroxyl groups is 1. The Morgan fingerprint density at radius 2 is 1.91 bits per heavy atom. The maximum absolute atomic E-state index is 11.2. The normalized spacial score (nSPS) is 11.9. The summed E-state index contributed by atoms with van der Waals surface area (Å²) in [6, 6.07) is 0. The van der Waals surface area contributed by atoms with Crippen LogP contribution in [0.4, 0.5) is 0 Å². The molecule has 0 aliphatic rings. The van der Waals surface area contributed by atoms with Gasteiger partial charge in [-0.1, -0.05) is 0 Å². The smallest absolute Gasteiger partial charge is 0.355 e. The molecule has 0 atom stereocenters. The number of ether oxygens (including phenoxy) is 1. The van der Waals surface area contributed by atoms with Gasteiger partial charge in [-0.15, -0.1) is 0 Å². The first-order valence-corrected chi connectivity index (χ1v) is 4.80. The summed E-state index contributed by atoms with van der Waals surface area (Å²) < 4.78 is 25.1. The number of aliphatic hydroxyl groups excluding tert-OH is 1. The molecule has 0 aromatic heterocycles. The van der Waals surface area contributed by atoms with E-state index >= 15 is 0 Å². The molecule has 0 unspecified atom stereocenters. The minimum Gasteiger partial charge on any atom is -0.394 e. The lowest BCUT2D eigenvalue weighted by Crippen LogP contribution is -2.03. The van der Waals surface area contributed by atoms with E-state index in [9.17, 15) is 4.57 Å². The zero-order valence-electron chi connectivity index (χ0n) is 6.65. The lowest BCUT2D eigenvalue weighted by Gasteiger charge is -2.12. The SMILES string of the molecule is COP(=O)(COCCO)OC. The van der Waals surface area contributed by atoms with Crippen LogP contribution in [0.25, 0.3) is 0 Å². The first kappa shape index (κ1) is 11.1. The first-order valence-electron chi connectivity index (χ1n) is 3.07. The Kier molecular flexibility index (Phi) is 5.72. The van der Waals surface area contributed by atoms with E-state index in [0.29, 0.717) is 0 Å². The van der Waals surface area contributed by atoms with Gasteiger partial charge in [0.2, 0.25) is 0 Å². The maximum Gasteiger partial charge on any atom is 0.355 e. The highest BCUT2D eigenvalue weighted by Crippen LogP contribution is 2.45. The molecular formula is C5H13O5P. The van der Waals surface area contributed by atoms with Crippen molar-refractivity contribution in [2.45, 2.75) is 0 Å². The molecule has 0 rings (SSSR count). The van der Waals surface area contributed by atoms with Crippen molar-refractivity contribution in [2.24, 2.45) is 0 Å². The predicted molar refractivity (Wildman–Crippen MR) is 39.5 cm³/mol. The molecule has 0 saturated heterocycles. The number of rotatable bonds is 6. The second kappa shape index (κ2) is 5.69. The fourth-order valence-electron chi connectivity index (χ4n) is 0.421. The van der Waals surface area contributed by atoms with Crippen LogP contribution in [0.15, 0.2) is 0 Å². The topological polar surface area (TPSA) is 65.0 Å². The average Bonchev–Trinajstić information content (AvgIpc) is 2.05. The van der Waals surface area contributed by atoms with Crippen LogP contribution < -0.4 is 0 Å². The molecule has 6 heteroatoms. The maximum atomic E-state index is 11.2. The minimum atomic E-state index is -3.04. The quantitative estimate of drug-likeness (QED) is 0.479. The van der Waals surface area contributed by atoms with E-state index in [1.54, 1.807) is 0 Å². The van der Waals surface area contributed by atoms with Gasteiger partial charge >= 0.3 is 7.60 Å². The third-order valence-electron chi connectivity index (χ3n) is 1.04. The fourth-order valence-corrected chi connectivity index (χ4v) is 1.13. The monoisotopic (exact) mass is 184 g/mol. The molecule has 11 heavy (non-hydrogen) atoms. The van der Waals surface area contributed by atoms with Crippen LogP contribution in [0, 0.1) is 0 Å². The van der Waals surface area contributed by atoms with Crippen LogP contribution in [0.5, 0.6) is 0 Å². The van der Waals surface area contributed by atoms with Gasteiger partial charge in [0.25, 0.3) is 0 Å². The molecule has 68 valence electrons. The third-order valence-corrected chi connectivity index (χ3v) is 2.65. The van der Waals surface area contributed by atoms with Gasteiger partial charge in [-0.25, -0.2) is 0 Å². The molecule has 0 aliphatic heterocycles. The number of hydrogen-bond acceptors (Lipinski definition) is 5. The first-order chi connectivity index (χ1) is 5.18. The predicted octanol–water partition coefficient (Wildman–Crippen LogP) is 0.439. The summed E-state index contributed by atoms with van der Waals surface area (Å²) >= 11 is 0. The summed E-state index contributed by atoms with van der Waals surface area (Å²) in [6.45, 7) is 0.0319. The molecule has 0 fully saturated rings. The van der Waals surface area contributed by atoms with E-state index in [1.165, 1.54) is 14.2 Å². The molecule has 0 bridgehead atoms. The van der Waals surface area contributed by atoms with Gasteiger partial charge in [0.05, 0.1) is 13.2 Å². The van der Waals surface area contributed by atoms with Crippen molar-refractivity contribution in [2.75, 3.05) is 33.8 Å². The van der Waals surface area contributed by atoms with E-state index in [4.69, 9.17) is 9.84 Å². The Balaban J connectivity index is 3.61. The van der Waals surface area contributed by atoms with Crippen LogP contribution in [-0.2, 0) is 18.3 Å². The lowest BCUT2D eigenvalue weighted by molar-refractivity contribution is 0.105. The van der Waals surface area contributed by atoms with Crippen molar-refractivity contribution < 1.29 is 23.5 Å². The zero-order valence-corrected chi connectivity index (χ0v) is 7.54. The van der Waals surface area contributed by atoms with E-state index in [0.717, 1.165) is 0 Å². The van der Waals surface area contributed by atoms with Gasteiger partial charge in [0, 0.05) is 14.2 Å². The molecule has 0 radical (unpaired) electrons. The summed E-state index contributed by atoms with van der Waals surface area (Å²) in [5.41, 5.74) is 0. The van der Waals surface area contributed by atoms with Gasteiger partial charge in [0.15, 0.2) is 0 Å². The molecule has 5 nitrogen and oxygen atoms in total. The molecule has 0 aromatic carbocycles. The molecule has 1 N–H and O–H groups in total. The molecule has 0 heterocycles. The summed E-state index contributed by atoms with van der Waals surface area (Å²) in [6.07, 6.45) is -0.124. The van der Waals surface area contributed by atoms with E-state index in [2.05, 4.69) is 9.05 Å². The second-order valence-electron chi connectivity index (χ2n) is 1.74. The molecule has 0 saturated carbocycles. The fraction of sp³-hybridized carbons (Fsp3) is 1.00. The van der Waals surface area contributed by atoms with Gasteiger partial charge in [0.1, 0.15) is 6.35 Å². The second-order valence-corrected chi connectivity index (χ2v) is 3.95. The van der Waals surface area contributed by atoms with E-state index < -0.39 is 7.60 Å². The van der Waals surface area contributed by atoms with Crippen molar-refractivity contribution in [1.29, 1.82) is 0 Å². The largest absolute Gasteiger partial charge is 0.394 e. The van der Waals surface area contributed by atoms with Gasteiger partial charge in [-0.05, 0) is 0 Å². The van der Waals surface area contributed by atoms with Gasteiger partial charge < -0.3 is 18.9 Å². The Bertz CT molecular complexity index is 129. The van der Waals surface area contributed by atoms with E-state index in [1.807, 2.05) is 0 Å². The zero-order chi connectivity index (χ0) is 8.74. The van der Waals surface area contributed by atoms with Crippen molar-refractivity contribution in [1.82, 2.24) is 0 Å². The summed E-state index contributed by atoms with van der Waals surface area (Å²) in [4.78, 5) is 0. The highest BCUT2D eigenvalue weighted by atomic mass is 31.2. The Hall–Kier alpha value is 0.0700. The highest BCUT2D eigenvalue weighted by Gasteiger charge is 2.20. The standard InChI is InChI=1S/C5H13O5P/c1-8-11(7,9-2)5-10-4-3-6/h6H,3-5H2,1-2H3. The Morgan fingerprint density at radius 1 is 1.36 bits per heavy atom. The summed E-state index contributed by atoms with van der Waals surface area (Å²) in [5.74, 6) is 0. The summed E-state index contributed by atoms with van der Waals surface area (Å²) in [7, 11) is -0.476. The Labute approximate surface area is 65.8 Å². The lowest BCUT2D eigenvalue weighted by atomic mass is 10.8. The Morgan fingerprint density at radius 3 is 2.27 bits per heavy atom. The molecular weight excluding hydrogens is 171 g/mol. The van der Waals surface area contributed by atoms with Crippen LogP contribution in [0.1, 0.15) is 0 Å². The van der Waals surface area contributed by atoms with Crippen LogP contribution >= 0.6 is 7.60 Å². The van der Waals surface area contributed by atoms with Crippen molar-refractivity contribution >= 4 is 7.60 Å². The van der Waals surface area contributed by atoms with E-state index in [-0.39, 0.29) is 19.6 Å². The van der Waals surface area contributed by atoms with Gasteiger partial charge in [-0.3, -0.25) is 4.57 Å². The molecule has 0 aliphatic carbocycles. The van der Waals surface area contributed by atoms with Crippen molar-refractivity contribution in [3.8, 4) is 0 Å². The van der Waals surface area contributed by atoms with Crippen LogP contribution in [0.2, 0.25) is 0 Å². The van der Waals surface area contributed by atoms with Crippen molar-refractivity contribution in [3.05, 3.63) is 0 Å². The van der Waals surface area contributed by atoms with Crippen LogP contribution in [0.3, 0.4) is 0 Å². The van der Waals surface area contributed by atoms with Crippen LogP contribution in [-0.4, -0.2) is 38.9 Å². The van der Waals surface area contributed by atoms with Crippen molar-refractivity contribution in [3.63, 3.8) is 0 Å². The summed E-state index contributed by atoms with van der Waals surface area (Å²) in [5, 5.41) is 8.31. The molecule has 0 spiro atoms. The minimum absolute atomic E-state index is 0.104. The highest BCUT2D eigenvalue weighted by molar-refractivity contribution is 7.53.